The third kappa shape index (κ3) is 7.05. The van der Waals surface area contributed by atoms with Crippen LogP contribution in [0.25, 0.3) is 0 Å². The highest BCUT2D eigenvalue weighted by molar-refractivity contribution is 5.30. The van der Waals surface area contributed by atoms with Crippen LogP contribution in [-0.2, 0) is 6.18 Å². The Bertz CT molecular complexity index is 712. The van der Waals surface area contributed by atoms with E-state index in [1.165, 1.54) is 51.4 Å². The lowest BCUT2D eigenvalue weighted by molar-refractivity contribution is -0.142. The quantitative estimate of drug-likeness (QED) is 0.270. The SMILES string of the molecule is CC/C=C/CC[C@H]1CC[C@H](CC[C@H]2CC[C@H](c3cc(F)c(C(F)(F)F)c(F)c3)CC2)CC1. The first-order valence-corrected chi connectivity index (χ1v) is 12.5. The molecular weight excluding hydrogens is 419 g/mol. The van der Waals surface area contributed by atoms with E-state index in [1.54, 1.807) is 0 Å². The zero-order valence-corrected chi connectivity index (χ0v) is 19.2. The summed E-state index contributed by atoms with van der Waals surface area (Å²) in [7, 11) is 0. The average Bonchev–Trinajstić information content (AvgIpc) is 2.75. The molecular formula is C27H37F5. The summed E-state index contributed by atoms with van der Waals surface area (Å²) in [6, 6.07) is 1.79. The lowest BCUT2D eigenvalue weighted by atomic mass is 9.74. The second-order valence-electron chi connectivity index (χ2n) is 10.00. The molecule has 0 spiro atoms. The molecule has 0 saturated heterocycles. The first kappa shape index (κ1) is 25.2. The highest BCUT2D eigenvalue weighted by atomic mass is 19.4. The van der Waals surface area contributed by atoms with Gasteiger partial charge in [0.15, 0.2) is 0 Å². The molecule has 32 heavy (non-hydrogen) atoms. The third-order valence-corrected chi connectivity index (χ3v) is 7.76. The Kier molecular flexibility index (Phi) is 9.19. The van der Waals surface area contributed by atoms with Crippen molar-refractivity contribution >= 4 is 0 Å². The van der Waals surface area contributed by atoms with E-state index in [4.69, 9.17) is 0 Å². The first-order valence-electron chi connectivity index (χ1n) is 12.5. The lowest BCUT2D eigenvalue weighted by Gasteiger charge is -2.32. The van der Waals surface area contributed by atoms with Gasteiger partial charge in [-0.3, -0.25) is 0 Å². The van der Waals surface area contributed by atoms with Gasteiger partial charge in [-0.1, -0.05) is 57.6 Å². The molecule has 3 rings (SSSR count). The Morgan fingerprint density at radius 1 is 0.750 bits per heavy atom. The van der Waals surface area contributed by atoms with Gasteiger partial charge in [-0.05, 0) is 86.3 Å². The van der Waals surface area contributed by atoms with Gasteiger partial charge in [0.2, 0.25) is 0 Å². The van der Waals surface area contributed by atoms with Crippen LogP contribution >= 0.6 is 0 Å². The summed E-state index contributed by atoms with van der Waals surface area (Å²) in [6.07, 6.45) is 14.6. The fraction of sp³-hybridized carbons (Fsp3) is 0.704. The minimum absolute atomic E-state index is 0.0465. The molecule has 0 amide bonds. The highest BCUT2D eigenvalue weighted by Crippen LogP contribution is 2.42. The van der Waals surface area contributed by atoms with Crippen molar-refractivity contribution in [1.29, 1.82) is 0 Å². The van der Waals surface area contributed by atoms with Crippen LogP contribution in [-0.4, -0.2) is 0 Å². The monoisotopic (exact) mass is 456 g/mol. The van der Waals surface area contributed by atoms with Crippen LogP contribution < -0.4 is 0 Å². The van der Waals surface area contributed by atoms with Gasteiger partial charge in [0.1, 0.15) is 17.2 Å². The van der Waals surface area contributed by atoms with Crippen LogP contribution in [0, 0.1) is 29.4 Å². The van der Waals surface area contributed by atoms with Gasteiger partial charge in [0.05, 0.1) is 0 Å². The van der Waals surface area contributed by atoms with Crippen LogP contribution in [0.2, 0.25) is 0 Å². The maximum atomic E-state index is 13.9. The zero-order valence-electron chi connectivity index (χ0n) is 19.2. The summed E-state index contributed by atoms with van der Waals surface area (Å²) in [5.41, 5.74) is -1.40. The number of halogens is 5. The van der Waals surface area contributed by atoms with Gasteiger partial charge in [-0.25, -0.2) is 8.78 Å². The molecule has 0 aliphatic heterocycles. The van der Waals surface area contributed by atoms with Crippen LogP contribution in [0.15, 0.2) is 24.3 Å². The highest BCUT2D eigenvalue weighted by Gasteiger charge is 2.38. The Hall–Kier alpha value is -1.39. The minimum Gasteiger partial charge on any atom is -0.206 e. The van der Waals surface area contributed by atoms with Gasteiger partial charge in [0, 0.05) is 0 Å². The molecule has 1 aromatic carbocycles. The Morgan fingerprint density at radius 2 is 1.22 bits per heavy atom. The van der Waals surface area contributed by atoms with E-state index in [0.29, 0.717) is 11.5 Å². The molecule has 180 valence electrons. The normalized spacial score (nSPS) is 27.2. The fourth-order valence-electron chi connectivity index (χ4n) is 5.78. The predicted molar refractivity (Wildman–Crippen MR) is 119 cm³/mol. The van der Waals surface area contributed by atoms with Gasteiger partial charge in [-0.15, -0.1) is 0 Å². The predicted octanol–water partition coefficient (Wildman–Crippen LogP) is 9.59. The molecule has 0 radical (unpaired) electrons. The average molecular weight is 457 g/mol. The molecule has 2 aliphatic carbocycles. The molecule has 0 aromatic heterocycles. The number of benzene rings is 1. The Morgan fingerprint density at radius 3 is 1.69 bits per heavy atom. The second-order valence-corrected chi connectivity index (χ2v) is 10.00. The van der Waals surface area contributed by atoms with Crippen molar-refractivity contribution in [3.05, 3.63) is 47.0 Å². The second kappa shape index (κ2) is 11.7. The van der Waals surface area contributed by atoms with Crippen LogP contribution in [0.3, 0.4) is 0 Å². The summed E-state index contributed by atoms with van der Waals surface area (Å²) < 4.78 is 66.2. The van der Waals surface area contributed by atoms with Crippen LogP contribution in [0.4, 0.5) is 22.0 Å². The van der Waals surface area contributed by atoms with E-state index in [-0.39, 0.29) is 5.92 Å². The van der Waals surface area contributed by atoms with E-state index in [2.05, 4.69) is 19.1 Å². The summed E-state index contributed by atoms with van der Waals surface area (Å²) in [5.74, 6) is -0.693. The topological polar surface area (TPSA) is 0 Å². The number of hydrogen-bond acceptors (Lipinski definition) is 0. The number of hydrogen-bond donors (Lipinski definition) is 0. The van der Waals surface area contributed by atoms with E-state index in [0.717, 1.165) is 56.1 Å². The van der Waals surface area contributed by atoms with Crippen LogP contribution in [0.5, 0.6) is 0 Å². The largest absolute Gasteiger partial charge is 0.422 e. The molecule has 2 aliphatic rings. The lowest BCUT2D eigenvalue weighted by Crippen LogP contribution is -2.18. The van der Waals surface area contributed by atoms with Crippen molar-refractivity contribution in [2.75, 3.05) is 0 Å². The minimum atomic E-state index is -5.00. The molecule has 1 aromatic rings. The Labute approximate surface area is 189 Å². The van der Waals surface area contributed by atoms with Crippen molar-refractivity contribution in [2.45, 2.75) is 102 Å². The summed E-state index contributed by atoms with van der Waals surface area (Å²) >= 11 is 0. The smallest absolute Gasteiger partial charge is 0.206 e. The van der Waals surface area contributed by atoms with Crippen molar-refractivity contribution in [1.82, 2.24) is 0 Å². The van der Waals surface area contributed by atoms with Gasteiger partial charge in [0.25, 0.3) is 0 Å². The molecule has 2 fully saturated rings. The molecule has 0 unspecified atom stereocenters. The summed E-state index contributed by atoms with van der Waals surface area (Å²) in [6.45, 7) is 2.17. The number of rotatable bonds is 8. The van der Waals surface area contributed by atoms with E-state index in [1.807, 2.05) is 0 Å². The van der Waals surface area contributed by atoms with E-state index in [9.17, 15) is 22.0 Å². The molecule has 5 heteroatoms. The summed E-state index contributed by atoms with van der Waals surface area (Å²) in [5, 5.41) is 0. The van der Waals surface area contributed by atoms with E-state index >= 15 is 0 Å². The standard InChI is InChI=1S/C27H37F5/c1-2-3-4-5-6-19-7-9-20(10-8-19)11-12-21-13-15-22(16-14-21)23-17-24(28)26(25(29)18-23)27(30,31)32/h3-4,17-22H,2,5-16H2,1H3/b4-3+/t19-,20-,21-,22-. The maximum Gasteiger partial charge on any atom is 0.422 e. The first-order chi connectivity index (χ1) is 15.3. The maximum absolute atomic E-state index is 13.9. The molecule has 2 saturated carbocycles. The van der Waals surface area contributed by atoms with Gasteiger partial charge in [-0.2, -0.15) is 13.2 Å². The van der Waals surface area contributed by atoms with E-state index < -0.39 is 23.4 Å². The van der Waals surface area contributed by atoms with Crippen molar-refractivity contribution in [3.8, 4) is 0 Å². The van der Waals surface area contributed by atoms with Crippen LogP contribution in [0.1, 0.15) is 107 Å². The van der Waals surface area contributed by atoms with Gasteiger partial charge < -0.3 is 0 Å². The molecule has 0 N–H and O–H groups in total. The third-order valence-electron chi connectivity index (χ3n) is 7.76. The molecule has 0 heterocycles. The number of allylic oxidation sites excluding steroid dienone is 2. The number of alkyl halides is 3. The molecule has 0 atom stereocenters. The zero-order chi connectivity index (χ0) is 23.1. The van der Waals surface area contributed by atoms with Gasteiger partial charge >= 0.3 is 6.18 Å². The van der Waals surface area contributed by atoms with Crippen molar-refractivity contribution in [3.63, 3.8) is 0 Å². The van der Waals surface area contributed by atoms with Crippen molar-refractivity contribution < 1.29 is 22.0 Å². The fourth-order valence-corrected chi connectivity index (χ4v) is 5.78. The molecule has 0 nitrogen and oxygen atoms in total. The van der Waals surface area contributed by atoms with Crippen molar-refractivity contribution in [2.24, 2.45) is 17.8 Å². The summed E-state index contributed by atoms with van der Waals surface area (Å²) in [4.78, 5) is 0. The molecule has 0 bridgehead atoms. The Balaban J connectivity index is 1.39.